The largest absolute Gasteiger partial charge is 0.425 e. The van der Waals surface area contributed by atoms with Gasteiger partial charge in [0.05, 0.1) is 11.2 Å². The van der Waals surface area contributed by atoms with Crippen molar-refractivity contribution < 1.29 is 32.3 Å². The molecule has 2 rings (SSSR count). The van der Waals surface area contributed by atoms with Crippen LogP contribution in [0.3, 0.4) is 0 Å². The summed E-state index contributed by atoms with van der Waals surface area (Å²) < 4.78 is 33.6. The van der Waals surface area contributed by atoms with Crippen LogP contribution >= 0.6 is 0 Å². The van der Waals surface area contributed by atoms with Crippen molar-refractivity contribution in [1.29, 1.82) is 0 Å². The first kappa shape index (κ1) is 19.7. The van der Waals surface area contributed by atoms with Crippen molar-refractivity contribution in [3.05, 3.63) is 0 Å². The predicted octanol–water partition coefficient (Wildman–Crippen LogP) is 1.13. The maximum Gasteiger partial charge on any atom is 0.333 e. The Balaban J connectivity index is 2.00. The molecule has 1 unspecified atom stereocenters. The van der Waals surface area contributed by atoms with Crippen LogP contribution in [-0.4, -0.2) is 53.6 Å². The first-order valence-electron chi connectivity index (χ1n) is 8.48. The number of sulfone groups is 1. The smallest absolute Gasteiger partial charge is 0.333 e. The van der Waals surface area contributed by atoms with Crippen molar-refractivity contribution >= 4 is 27.7 Å². The number of esters is 2. The Hall–Kier alpha value is -1.64. The summed E-state index contributed by atoms with van der Waals surface area (Å²) in [4.78, 5) is 37.0. The lowest BCUT2D eigenvalue weighted by Gasteiger charge is -2.36. The Labute approximate surface area is 147 Å². The molecule has 0 N–H and O–H groups in total. The lowest BCUT2D eigenvalue weighted by molar-refractivity contribution is -0.191. The monoisotopic (exact) mass is 375 g/mol. The summed E-state index contributed by atoms with van der Waals surface area (Å²) in [6.07, 6.45) is 1.52. The van der Waals surface area contributed by atoms with E-state index in [9.17, 15) is 22.8 Å². The molecule has 0 aliphatic carbocycles. The van der Waals surface area contributed by atoms with Gasteiger partial charge < -0.3 is 14.4 Å². The van der Waals surface area contributed by atoms with E-state index in [1.165, 1.54) is 20.8 Å². The number of hydrogen-bond donors (Lipinski definition) is 0. The predicted molar refractivity (Wildman–Crippen MR) is 87.8 cm³/mol. The summed E-state index contributed by atoms with van der Waals surface area (Å²) in [5.74, 6) is -1.76. The summed E-state index contributed by atoms with van der Waals surface area (Å²) in [6.45, 7) is 6.21. The van der Waals surface area contributed by atoms with Crippen molar-refractivity contribution in [2.75, 3.05) is 0 Å². The Bertz CT molecular complexity index is 670. The molecule has 0 aromatic carbocycles. The number of hydrogen-bond acceptors (Lipinski definition) is 7. The number of nitrogens with zero attached hydrogens (tertiary/aromatic N) is 1. The molecule has 2 saturated heterocycles. The van der Waals surface area contributed by atoms with Gasteiger partial charge in [-0.25, -0.2) is 13.2 Å². The SMILES string of the molecule is CCCCCC(=O)OC(C)OC(=O)[C@@H]1N2C(=O)C[C@H]2S(=O)(=O)C1(C)C. The van der Waals surface area contributed by atoms with E-state index in [-0.39, 0.29) is 12.8 Å². The fraction of sp³-hybridized carbons (Fsp3) is 0.812. The lowest BCUT2D eigenvalue weighted by atomic mass is 9.98. The molecule has 1 amide bonds. The zero-order chi connectivity index (χ0) is 19.0. The molecule has 0 aromatic heterocycles. The zero-order valence-corrected chi connectivity index (χ0v) is 15.8. The van der Waals surface area contributed by atoms with Gasteiger partial charge in [0.25, 0.3) is 0 Å². The van der Waals surface area contributed by atoms with E-state index in [4.69, 9.17) is 9.47 Å². The van der Waals surface area contributed by atoms with Crippen molar-refractivity contribution in [2.24, 2.45) is 0 Å². The fourth-order valence-electron chi connectivity index (χ4n) is 3.22. The second-order valence-corrected chi connectivity index (χ2v) is 9.65. The highest BCUT2D eigenvalue weighted by atomic mass is 32.2. The van der Waals surface area contributed by atoms with Gasteiger partial charge in [-0.3, -0.25) is 9.59 Å². The van der Waals surface area contributed by atoms with Gasteiger partial charge in [-0.2, -0.15) is 0 Å². The lowest BCUT2D eigenvalue weighted by Crippen LogP contribution is -2.57. The minimum Gasteiger partial charge on any atom is -0.425 e. The summed E-state index contributed by atoms with van der Waals surface area (Å²) in [5, 5.41) is -0.973. The van der Waals surface area contributed by atoms with E-state index in [2.05, 4.69) is 0 Å². The van der Waals surface area contributed by atoms with Crippen LogP contribution in [0, 0.1) is 0 Å². The quantitative estimate of drug-likeness (QED) is 0.284. The molecule has 25 heavy (non-hydrogen) atoms. The summed E-state index contributed by atoms with van der Waals surface area (Å²) in [6, 6.07) is -1.23. The molecule has 0 aromatic rings. The van der Waals surface area contributed by atoms with E-state index in [1.807, 2.05) is 6.92 Å². The molecule has 2 aliphatic heterocycles. The second kappa shape index (κ2) is 6.93. The first-order valence-corrected chi connectivity index (χ1v) is 10.0. The zero-order valence-electron chi connectivity index (χ0n) is 15.0. The summed E-state index contributed by atoms with van der Waals surface area (Å²) in [5.41, 5.74) is 0. The molecule has 0 spiro atoms. The van der Waals surface area contributed by atoms with Gasteiger partial charge in [0, 0.05) is 13.3 Å². The number of carbonyl (C=O) groups excluding carboxylic acids is 3. The average Bonchev–Trinajstić information content (AvgIpc) is 2.61. The van der Waals surface area contributed by atoms with Crippen molar-refractivity contribution in [3.63, 3.8) is 0 Å². The molecule has 9 heteroatoms. The molecule has 2 fully saturated rings. The van der Waals surface area contributed by atoms with Crippen LogP contribution in [0.2, 0.25) is 0 Å². The maximum atomic E-state index is 12.5. The summed E-state index contributed by atoms with van der Waals surface area (Å²) in [7, 11) is -3.67. The molecular weight excluding hydrogens is 350 g/mol. The van der Waals surface area contributed by atoms with E-state index >= 15 is 0 Å². The number of β-lactam (4-membered cyclic amide) rings is 1. The Morgan fingerprint density at radius 3 is 2.48 bits per heavy atom. The number of ether oxygens (including phenoxy) is 2. The van der Waals surface area contributed by atoms with Gasteiger partial charge in [0.15, 0.2) is 9.84 Å². The van der Waals surface area contributed by atoms with Gasteiger partial charge >= 0.3 is 11.9 Å². The summed E-state index contributed by atoms with van der Waals surface area (Å²) >= 11 is 0. The van der Waals surface area contributed by atoms with Crippen molar-refractivity contribution in [1.82, 2.24) is 4.90 Å². The van der Waals surface area contributed by atoms with Gasteiger partial charge in [0.1, 0.15) is 11.4 Å². The van der Waals surface area contributed by atoms with Crippen LogP contribution in [0.15, 0.2) is 0 Å². The van der Waals surface area contributed by atoms with Crippen molar-refractivity contribution in [3.8, 4) is 0 Å². The molecule has 142 valence electrons. The van der Waals surface area contributed by atoms with Crippen LogP contribution < -0.4 is 0 Å². The number of fused-ring (bicyclic) bond motifs is 1. The third kappa shape index (κ3) is 3.38. The average molecular weight is 375 g/mol. The first-order chi connectivity index (χ1) is 11.5. The van der Waals surface area contributed by atoms with Crippen LogP contribution in [0.4, 0.5) is 0 Å². The van der Waals surface area contributed by atoms with Crippen LogP contribution in [0.25, 0.3) is 0 Å². The highest BCUT2D eigenvalue weighted by Crippen LogP contribution is 2.46. The highest BCUT2D eigenvalue weighted by Gasteiger charge is 2.68. The molecule has 2 heterocycles. The number of rotatable bonds is 7. The molecule has 8 nitrogen and oxygen atoms in total. The topological polar surface area (TPSA) is 107 Å². The molecule has 0 saturated carbocycles. The van der Waals surface area contributed by atoms with Gasteiger partial charge in [0.2, 0.25) is 12.2 Å². The normalized spacial score (nSPS) is 27.2. The van der Waals surface area contributed by atoms with E-state index in [0.717, 1.165) is 17.7 Å². The molecule has 3 atom stereocenters. The van der Waals surface area contributed by atoms with Gasteiger partial charge in [-0.05, 0) is 20.3 Å². The van der Waals surface area contributed by atoms with Crippen molar-refractivity contribution in [2.45, 2.75) is 82.3 Å². The molecule has 0 bridgehead atoms. The second-order valence-electron chi connectivity index (χ2n) is 6.96. The highest BCUT2D eigenvalue weighted by molar-refractivity contribution is 7.93. The Morgan fingerprint density at radius 1 is 1.28 bits per heavy atom. The molecule has 0 radical (unpaired) electrons. The van der Waals surface area contributed by atoms with Crippen LogP contribution in [-0.2, 0) is 33.7 Å². The Kier molecular flexibility index (Phi) is 5.46. The maximum absolute atomic E-state index is 12.5. The number of unbranched alkanes of at least 4 members (excludes halogenated alkanes) is 2. The van der Waals surface area contributed by atoms with Crippen LogP contribution in [0.5, 0.6) is 0 Å². The third-order valence-electron chi connectivity index (χ3n) is 4.76. The van der Waals surface area contributed by atoms with E-state index < -0.39 is 50.1 Å². The van der Waals surface area contributed by atoms with E-state index in [0.29, 0.717) is 6.42 Å². The minimum absolute atomic E-state index is 0.114. The molecular formula is C16H25NO7S. The Morgan fingerprint density at radius 2 is 1.92 bits per heavy atom. The minimum atomic E-state index is -3.67. The van der Waals surface area contributed by atoms with Crippen LogP contribution in [0.1, 0.15) is 59.8 Å². The number of carbonyl (C=O) groups is 3. The van der Waals surface area contributed by atoms with Gasteiger partial charge in [-0.1, -0.05) is 19.8 Å². The molecule has 2 aliphatic rings. The number of amides is 1. The fourth-order valence-corrected chi connectivity index (χ4v) is 5.35. The van der Waals surface area contributed by atoms with E-state index in [1.54, 1.807) is 0 Å². The standard InChI is InChI=1S/C16H25NO7S/c1-5-6-7-8-13(19)23-10(2)24-15(20)14-16(3,4)25(21,22)12-9-11(18)17(12)14/h10,12,14H,5-9H2,1-4H3/t10?,12-,14+/m1/s1. The third-order valence-corrected chi connectivity index (χ3v) is 7.56. The van der Waals surface area contributed by atoms with Gasteiger partial charge in [-0.15, -0.1) is 0 Å².